The first kappa shape index (κ1) is 38.5. The van der Waals surface area contributed by atoms with Gasteiger partial charge in [-0.2, -0.15) is 0 Å². The lowest BCUT2D eigenvalue weighted by molar-refractivity contribution is 1.28. The summed E-state index contributed by atoms with van der Waals surface area (Å²) in [7, 11) is 0. The summed E-state index contributed by atoms with van der Waals surface area (Å²) in [6.45, 7) is 0. The van der Waals surface area contributed by atoms with Crippen molar-refractivity contribution in [2.45, 2.75) is 0 Å². The van der Waals surface area contributed by atoms with Gasteiger partial charge in [0.25, 0.3) is 0 Å². The van der Waals surface area contributed by atoms with E-state index in [1.165, 1.54) is 60.5 Å². The van der Waals surface area contributed by atoms with Crippen molar-refractivity contribution in [3.63, 3.8) is 0 Å². The van der Waals surface area contributed by atoms with Crippen LogP contribution in [0.1, 0.15) is 0 Å². The Morgan fingerprint density at radius 3 is 1.22 bits per heavy atom. The van der Waals surface area contributed by atoms with Crippen molar-refractivity contribution in [2.24, 2.45) is 0 Å². The quantitative estimate of drug-likeness (QED) is 0.148. The van der Waals surface area contributed by atoms with Crippen LogP contribution in [-0.4, -0.2) is 0 Å². The molecule has 0 spiro atoms. The Balaban J connectivity index is 0.947. The zero-order valence-corrected chi connectivity index (χ0v) is 35.3. The fourth-order valence-electron chi connectivity index (χ4n) is 9.01. The predicted octanol–water partition coefficient (Wildman–Crippen LogP) is 17.5. The fourth-order valence-corrected chi connectivity index (χ4v) is 9.01. The van der Waals surface area contributed by atoms with Gasteiger partial charge in [-0.25, -0.2) is 0 Å². The first-order chi connectivity index (χ1) is 31.7. The summed E-state index contributed by atoms with van der Waals surface area (Å²) in [6, 6.07) is 93.9. The molecule has 1 N–H and O–H groups in total. The van der Waals surface area contributed by atoms with E-state index >= 15 is 0 Å². The number of anilines is 5. The summed E-state index contributed by atoms with van der Waals surface area (Å²) in [5.74, 6) is 0. The summed E-state index contributed by atoms with van der Waals surface area (Å²) in [4.78, 5) is 2.36. The second-order valence-electron chi connectivity index (χ2n) is 16.3. The smallest absolute Gasteiger partial charge is 0.0467 e. The Bertz CT molecular complexity index is 3360. The first-order valence-corrected chi connectivity index (χ1v) is 21.9. The van der Waals surface area contributed by atoms with Gasteiger partial charge >= 0.3 is 0 Å². The molecule has 11 rings (SSSR count). The third kappa shape index (κ3) is 7.81. The molecule has 64 heavy (non-hydrogen) atoms. The van der Waals surface area contributed by atoms with Gasteiger partial charge in [-0.05, 0) is 144 Å². The Hall–Kier alpha value is -8.46. The maximum absolute atomic E-state index is 3.75. The molecule has 2 nitrogen and oxygen atoms in total. The van der Waals surface area contributed by atoms with Crippen LogP contribution in [0.25, 0.3) is 77.2 Å². The molecule has 0 aromatic heterocycles. The van der Waals surface area contributed by atoms with Gasteiger partial charge in [0.05, 0.1) is 0 Å². The molecule has 0 saturated carbocycles. The van der Waals surface area contributed by atoms with Gasteiger partial charge in [0.1, 0.15) is 0 Å². The van der Waals surface area contributed by atoms with Crippen LogP contribution in [0, 0.1) is 0 Å². The van der Waals surface area contributed by atoms with E-state index in [0.717, 1.165) is 45.1 Å². The van der Waals surface area contributed by atoms with Gasteiger partial charge in [0.15, 0.2) is 0 Å². The number of hydrogen-bond acceptors (Lipinski definition) is 2. The van der Waals surface area contributed by atoms with Crippen LogP contribution in [0.2, 0.25) is 0 Å². The Morgan fingerprint density at radius 2 is 0.656 bits per heavy atom. The van der Waals surface area contributed by atoms with Crippen LogP contribution in [0.4, 0.5) is 28.4 Å². The standard InChI is InChI=1S/C62H44N2/c1-3-14-44(15-4-1)51-22-11-23-58(43-51)64(57-38-32-50(33-39-57)62-27-13-21-48-19-8-10-25-60(48)62)56-36-30-46(31-37-56)53-40-52(45-16-5-2-6-17-45)41-55(42-53)63-54-34-28-49(29-35-54)61-26-12-20-47-18-7-9-24-59(47)61/h1-43,63H. The topological polar surface area (TPSA) is 15.3 Å². The van der Waals surface area contributed by atoms with Crippen molar-refractivity contribution in [1.82, 2.24) is 0 Å². The van der Waals surface area contributed by atoms with Crippen molar-refractivity contribution >= 4 is 50.0 Å². The van der Waals surface area contributed by atoms with Crippen molar-refractivity contribution in [3.05, 3.63) is 261 Å². The van der Waals surface area contributed by atoms with Crippen LogP contribution in [0.3, 0.4) is 0 Å². The molecule has 0 heterocycles. The second-order valence-corrected chi connectivity index (χ2v) is 16.3. The van der Waals surface area contributed by atoms with E-state index in [1.807, 2.05) is 0 Å². The van der Waals surface area contributed by atoms with Crippen LogP contribution in [0.5, 0.6) is 0 Å². The molecule has 0 aliphatic heterocycles. The zero-order chi connectivity index (χ0) is 42.7. The maximum Gasteiger partial charge on any atom is 0.0467 e. The highest BCUT2D eigenvalue weighted by Crippen LogP contribution is 2.40. The van der Waals surface area contributed by atoms with Crippen LogP contribution in [-0.2, 0) is 0 Å². The minimum atomic E-state index is 1.03. The van der Waals surface area contributed by atoms with Crippen molar-refractivity contribution in [3.8, 4) is 55.6 Å². The lowest BCUT2D eigenvalue weighted by Gasteiger charge is -2.26. The van der Waals surface area contributed by atoms with E-state index in [0.29, 0.717) is 0 Å². The molecule has 0 amide bonds. The molecule has 0 unspecified atom stereocenters. The molecule has 0 saturated heterocycles. The fraction of sp³-hybridized carbons (Fsp3) is 0. The molecule has 2 heteroatoms. The van der Waals surface area contributed by atoms with E-state index in [2.05, 4.69) is 271 Å². The molecule has 11 aromatic carbocycles. The Kier molecular flexibility index (Phi) is 10.3. The van der Waals surface area contributed by atoms with Crippen molar-refractivity contribution < 1.29 is 0 Å². The average molecular weight is 817 g/mol. The summed E-state index contributed by atoms with van der Waals surface area (Å²) in [5.41, 5.74) is 17.2. The highest BCUT2D eigenvalue weighted by Gasteiger charge is 2.16. The maximum atomic E-state index is 3.75. The number of fused-ring (bicyclic) bond motifs is 2. The Labute approximate surface area is 375 Å². The summed E-state index contributed by atoms with van der Waals surface area (Å²) < 4.78 is 0. The molecule has 0 fully saturated rings. The molecule has 302 valence electrons. The minimum Gasteiger partial charge on any atom is -0.355 e. The lowest BCUT2D eigenvalue weighted by Crippen LogP contribution is -2.10. The van der Waals surface area contributed by atoms with Gasteiger partial charge < -0.3 is 10.2 Å². The van der Waals surface area contributed by atoms with E-state index in [9.17, 15) is 0 Å². The number of hydrogen-bond donors (Lipinski definition) is 1. The molecule has 0 atom stereocenters. The van der Waals surface area contributed by atoms with Crippen molar-refractivity contribution in [2.75, 3.05) is 10.2 Å². The zero-order valence-electron chi connectivity index (χ0n) is 35.3. The van der Waals surface area contributed by atoms with Gasteiger partial charge in [-0.15, -0.1) is 0 Å². The number of nitrogens with one attached hydrogen (secondary N) is 1. The number of nitrogens with zero attached hydrogens (tertiary/aromatic N) is 1. The van der Waals surface area contributed by atoms with Crippen LogP contribution < -0.4 is 10.2 Å². The minimum absolute atomic E-state index is 1.03. The highest BCUT2D eigenvalue weighted by molar-refractivity contribution is 5.98. The van der Waals surface area contributed by atoms with E-state index in [4.69, 9.17) is 0 Å². The molecule has 0 aliphatic carbocycles. The monoisotopic (exact) mass is 816 g/mol. The van der Waals surface area contributed by atoms with E-state index in [-0.39, 0.29) is 0 Å². The second kappa shape index (κ2) is 17.1. The number of benzene rings is 11. The molecular formula is C62H44N2. The third-order valence-corrected chi connectivity index (χ3v) is 12.2. The van der Waals surface area contributed by atoms with Gasteiger partial charge in [0.2, 0.25) is 0 Å². The SMILES string of the molecule is c1ccc(-c2cc(Nc3ccc(-c4cccc5ccccc45)cc3)cc(-c3ccc(N(c4ccc(-c5cccc6ccccc56)cc4)c4cccc(-c5ccccc5)c4)cc3)c2)cc1. The normalized spacial score (nSPS) is 11.1. The molecule has 0 radical (unpaired) electrons. The summed E-state index contributed by atoms with van der Waals surface area (Å²) >= 11 is 0. The van der Waals surface area contributed by atoms with Crippen LogP contribution in [0.15, 0.2) is 261 Å². The molecule has 0 aliphatic rings. The summed E-state index contributed by atoms with van der Waals surface area (Å²) in [5, 5.41) is 8.75. The van der Waals surface area contributed by atoms with Gasteiger partial charge in [-0.3, -0.25) is 0 Å². The molecular weight excluding hydrogens is 773 g/mol. The van der Waals surface area contributed by atoms with Gasteiger partial charge in [0, 0.05) is 28.4 Å². The summed E-state index contributed by atoms with van der Waals surface area (Å²) in [6.07, 6.45) is 0. The van der Waals surface area contributed by atoms with Gasteiger partial charge in [-0.1, -0.05) is 194 Å². The lowest BCUT2D eigenvalue weighted by atomic mass is 9.97. The third-order valence-electron chi connectivity index (χ3n) is 12.2. The average Bonchev–Trinajstić information content (AvgIpc) is 3.37. The molecule has 0 bridgehead atoms. The molecule has 11 aromatic rings. The van der Waals surface area contributed by atoms with E-state index < -0.39 is 0 Å². The first-order valence-electron chi connectivity index (χ1n) is 21.9. The number of rotatable bonds is 10. The highest BCUT2D eigenvalue weighted by atomic mass is 15.1. The van der Waals surface area contributed by atoms with E-state index in [1.54, 1.807) is 0 Å². The van der Waals surface area contributed by atoms with Crippen molar-refractivity contribution in [1.29, 1.82) is 0 Å². The Morgan fingerprint density at radius 1 is 0.234 bits per heavy atom. The largest absolute Gasteiger partial charge is 0.355 e. The predicted molar refractivity (Wildman–Crippen MR) is 273 cm³/mol. The van der Waals surface area contributed by atoms with Crippen LogP contribution >= 0.6 is 0 Å².